The summed E-state index contributed by atoms with van der Waals surface area (Å²) in [6.45, 7) is 5.37. The lowest BCUT2D eigenvalue weighted by molar-refractivity contribution is -0.271. The Labute approximate surface area is 129 Å². The number of methoxy groups -OCH3 is 2. The predicted octanol–water partition coefficient (Wildman–Crippen LogP) is 0.658. The number of carbonyl (C=O) groups is 3. The Morgan fingerprint density at radius 1 is 1.41 bits per heavy atom. The largest absolute Gasteiger partial charge is 0.450 e. The molecule has 3 unspecified atom stereocenters. The van der Waals surface area contributed by atoms with E-state index in [4.69, 9.17) is 18.9 Å². The molecule has 0 N–H and O–H groups in total. The zero-order valence-corrected chi connectivity index (χ0v) is 13.1. The fourth-order valence-electron chi connectivity index (χ4n) is 2.40. The van der Waals surface area contributed by atoms with Crippen molar-refractivity contribution in [1.29, 1.82) is 0 Å². The van der Waals surface area contributed by atoms with Crippen molar-refractivity contribution in [2.45, 2.75) is 31.7 Å². The number of hydrogen-bond acceptors (Lipinski definition) is 7. The summed E-state index contributed by atoms with van der Waals surface area (Å²) in [5.41, 5.74) is -0.988. The lowest BCUT2D eigenvalue weighted by Gasteiger charge is -2.44. The fourth-order valence-corrected chi connectivity index (χ4v) is 2.40. The van der Waals surface area contributed by atoms with Crippen molar-refractivity contribution in [3.05, 3.63) is 12.2 Å². The highest BCUT2D eigenvalue weighted by atomic mass is 16.7. The number of aldehydes is 1. The molecule has 7 heteroatoms. The molecule has 0 aromatic carbocycles. The summed E-state index contributed by atoms with van der Waals surface area (Å²) >= 11 is 0. The van der Waals surface area contributed by atoms with Crippen LogP contribution in [-0.4, -0.2) is 57.4 Å². The lowest BCUT2D eigenvalue weighted by atomic mass is 9.83. The highest BCUT2D eigenvalue weighted by Crippen LogP contribution is 2.37. The first kappa shape index (κ1) is 18.5. The minimum Gasteiger partial charge on any atom is -0.450 e. The first-order valence-electron chi connectivity index (χ1n) is 6.91. The number of hydrogen-bond donors (Lipinski definition) is 0. The Kier molecular flexibility index (Phi) is 6.86. The molecule has 1 heterocycles. The number of esters is 1. The summed E-state index contributed by atoms with van der Waals surface area (Å²) in [4.78, 5) is 34.4. The van der Waals surface area contributed by atoms with E-state index < -0.39 is 29.6 Å². The maximum absolute atomic E-state index is 12.0. The minimum absolute atomic E-state index is 0.0371. The van der Waals surface area contributed by atoms with E-state index in [1.165, 1.54) is 21.1 Å². The van der Waals surface area contributed by atoms with Crippen LogP contribution in [0.15, 0.2) is 12.2 Å². The third-order valence-corrected chi connectivity index (χ3v) is 3.58. The van der Waals surface area contributed by atoms with Gasteiger partial charge in [0.2, 0.25) is 5.78 Å². The summed E-state index contributed by atoms with van der Waals surface area (Å²) in [6, 6.07) is 0. The maximum Gasteiger partial charge on any atom is 0.333 e. The number of Topliss-reactive ketones (excluding diaryl/α,β-unsaturated/α-hetero) is 1. The molecular weight excluding hydrogens is 292 g/mol. The Hall–Kier alpha value is -1.57. The second-order valence-corrected chi connectivity index (χ2v) is 5.30. The van der Waals surface area contributed by atoms with Gasteiger partial charge in [0.05, 0.1) is 19.1 Å². The Bertz CT molecular complexity index is 445. The van der Waals surface area contributed by atoms with Gasteiger partial charge in [0, 0.05) is 32.6 Å². The van der Waals surface area contributed by atoms with Gasteiger partial charge >= 0.3 is 5.97 Å². The van der Waals surface area contributed by atoms with E-state index in [2.05, 4.69) is 6.58 Å². The van der Waals surface area contributed by atoms with Crippen LogP contribution in [0, 0.1) is 5.92 Å². The number of ketones is 1. The third-order valence-electron chi connectivity index (χ3n) is 3.58. The van der Waals surface area contributed by atoms with Gasteiger partial charge in [-0.05, 0) is 6.92 Å². The average molecular weight is 314 g/mol. The Morgan fingerprint density at radius 3 is 2.59 bits per heavy atom. The van der Waals surface area contributed by atoms with E-state index in [9.17, 15) is 14.4 Å². The zero-order valence-electron chi connectivity index (χ0n) is 13.1. The summed E-state index contributed by atoms with van der Waals surface area (Å²) in [6.07, 6.45) is -0.195. The molecule has 124 valence electrons. The molecule has 22 heavy (non-hydrogen) atoms. The van der Waals surface area contributed by atoms with Crippen molar-refractivity contribution in [2.75, 3.05) is 27.4 Å². The van der Waals surface area contributed by atoms with Crippen LogP contribution < -0.4 is 0 Å². The monoisotopic (exact) mass is 314 g/mol. The highest BCUT2D eigenvalue weighted by Gasteiger charge is 2.50. The first-order valence-corrected chi connectivity index (χ1v) is 6.91. The number of ether oxygens (including phenoxy) is 4. The molecule has 1 aliphatic heterocycles. The van der Waals surface area contributed by atoms with Gasteiger partial charge in [0.15, 0.2) is 18.2 Å². The van der Waals surface area contributed by atoms with Crippen LogP contribution in [0.1, 0.15) is 19.8 Å². The second kappa shape index (κ2) is 8.17. The predicted molar refractivity (Wildman–Crippen MR) is 76.1 cm³/mol. The first-order chi connectivity index (χ1) is 10.4. The molecule has 0 saturated carbocycles. The average Bonchev–Trinajstić information content (AvgIpc) is 2.51. The Morgan fingerprint density at radius 2 is 2.09 bits per heavy atom. The Balaban J connectivity index is 3.08. The normalized spacial score (nSPS) is 28.0. The molecule has 0 aromatic heterocycles. The van der Waals surface area contributed by atoms with Crippen LogP contribution in [-0.2, 0) is 33.3 Å². The molecular formula is C15H22O7. The smallest absolute Gasteiger partial charge is 0.333 e. The molecule has 0 aromatic rings. The van der Waals surface area contributed by atoms with E-state index in [1.54, 1.807) is 0 Å². The molecule has 1 aliphatic rings. The zero-order chi connectivity index (χ0) is 16.8. The molecule has 3 atom stereocenters. The van der Waals surface area contributed by atoms with Gasteiger partial charge in [0.1, 0.15) is 0 Å². The summed E-state index contributed by atoms with van der Waals surface area (Å²) in [5, 5.41) is 0. The van der Waals surface area contributed by atoms with Gasteiger partial charge in [-0.15, -0.1) is 0 Å². The van der Waals surface area contributed by atoms with E-state index in [0.717, 1.165) is 0 Å². The summed E-state index contributed by atoms with van der Waals surface area (Å²) < 4.78 is 21.3. The van der Waals surface area contributed by atoms with Gasteiger partial charge in [-0.1, -0.05) is 6.58 Å². The van der Waals surface area contributed by atoms with Crippen molar-refractivity contribution >= 4 is 18.0 Å². The quantitative estimate of drug-likeness (QED) is 0.281. The van der Waals surface area contributed by atoms with Crippen molar-refractivity contribution in [3.63, 3.8) is 0 Å². The molecule has 1 rings (SSSR count). The van der Waals surface area contributed by atoms with E-state index >= 15 is 0 Å². The molecule has 0 bridgehead atoms. The van der Waals surface area contributed by atoms with Crippen molar-refractivity contribution < 1.29 is 33.3 Å². The maximum atomic E-state index is 12.0. The number of carbonyl (C=O) groups excluding carboxylic acids is 3. The van der Waals surface area contributed by atoms with Gasteiger partial charge in [-0.2, -0.15) is 0 Å². The molecule has 1 saturated heterocycles. The van der Waals surface area contributed by atoms with Gasteiger partial charge < -0.3 is 18.9 Å². The van der Waals surface area contributed by atoms with Crippen molar-refractivity contribution in [2.24, 2.45) is 5.92 Å². The topological polar surface area (TPSA) is 88.1 Å². The standard InChI is InChI=1S/C15H22O7/c1-10(2)13(18)22-15(5-6-19-3)7-11(12(17)8-16)9-21-14(15)20-4/h8,11,14H,1,5-7,9H2,2-4H3. The van der Waals surface area contributed by atoms with Gasteiger partial charge in [-0.25, -0.2) is 4.79 Å². The van der Waals surface area contributed by atoms with Crippen LogP contribution in [0.3, 0.4) is 0 Å². The van der Waals surface area contributed by atoms with Crippen molar-refractivity contribution in [1.82, 2.24) is 0 Å². The fraction of sp³-hybridized carbons (Fsp3) is 0.667. The van der Waals surface area contributed by atoms with Crippen LogP contribution in [0.4, 0.5) is 0 Å². The van der Waals surface area contributed by atoms with E-state index in [1.807, 2.05) is 0 Å². The van der Waals surface area contributed by atoms with Crippen LogP contribution >= 0.6 is 0 Å². The molecule has 0 aliphatic carbocycles. The van der Waals surface area contributed by atoms with Crippen LogP contribution in [0.5, 0.6) is 0 Å². The molecule has 7 nitrogen and oxygen atoms in total. The van der Waals surface area contributed by atoms with E-state index in [-0.39, 0.29) is 37.9 Å². The van der Waals surface area contributed by atoms with Crippen LogP contribution in [0.25, 0.3) is 0 Å². The van der Waals surface area contributed by atoms with Crippen LogP contribution in [0.2, 0.25) is 0 Å². The molecule has 1 fully saturated rings. The molecule has 0 spiro atoms. The minimum atomic E-state index is -1.21. The van der Waals surface area contributed by atoms with Gasteiger partial charge in [-0.3, -0.25) is 9.59 Å². The third kappa shape index (κ3) is 4.22. The SMILES string of the molecule is C=C(C)C(=O)OC1(CCOC)CC(C(=O)C=O)COC1OC. The summed E-state index contributed by atoms with van der Waals surface area (Å²) in [5.74, 6) is -1.89. The molecule has 0 radical (unpaired) electrons. The lowest BCUT2D eigenvalue weighted by Crippen LogP contribution is -2.56. The molecule has 0 amide bonds. The van der Waals surface area contributed by atoms with E-state index in [0.29, 0.717) is 0 Å². The summed E-state index contributed by atoms with van der Waals surface area (Å²) in [7, 11) is 2.93. The number of rotatable bonds is 8. The van der Waals surface area contributed by atoms with Crippen molar-refractivity contribution in [3.8, 4) is 0 Å². The van der Waals surface area contributed by atoms with Gasteiger partial charge in [0.25, 0.3) is 0 Å². The second-order valence-electron chi connectivity index (χ2n) is 5.30. The highest BCUT2D eigenvalue weighted by molar-refractivity contribution is 6.26.